The number of guanidine groups is 1. The van der Waals surface area contributed by atoms with E-state index < -0.39 is 6.61 Å². The Morgan fingerprint density at radius 2 is 2.12 bits per heavy atom. The Morgan fingerprint density at radius 3 is 2.67 bits per heavy atom. The van der Waals surface area contributed by atoms with Crippen molar-refractivity contribution in [2.75, 3.05) is 13.7 Å². The molecular formula is C16H24F2IN3O2. The van der Waals surface area contributed by atoms with Crippen molar-refractivity contribution in [3.8, 4) is 11.5 Å². The van der Waals surface area contributed by atoms with Crippen LogP contribution in [0.4, 0.5) is 8.78 Å². The Morgan fingerprint density at radius 1 is 1.42 bits per heavy atom. The highest BCUT2D eigenvalue weighted by Gasteiger charge is 2.33. The number of methoxy groups -OCH3 is 1. The van der Waals surface area contributed by atoms with Gasteiger partial charge in [-0.15, -0.1) is 24.0 Å². The van der Waals surface area contributed by atoms with E-state index in [9.17, 15) is 8.78 Å². The first-order valence-electron chi connectivity index (χ1n) is 7.70. The highest BCUT2D eigenvalue weighted by atomic mass is 127. The van der Waals surface area contributed by atoms with E-state index in [1.165, 1.54) is 13.2 Å². The third-order valence-corrected chi connectivity index (χ3v) is 3.67. The Balaban J connectivity index is 0.00000288. The largest absolute Gasteiger partial charge is 0.497 e. The number of nitrogens with one attached hydrogen (secondary N) is 2. The van der Waals surface area contributed by atoms with Crippen LogP contribution in [-0.2, 0) is 6.54 Å². The first-order chi connectivity index (χ1) is 11.0. The zero-order chi connectivity index (χ0) is 16.8. The highest BCUT2D eigenvalue weighted by molar-refractivity contribution is 14.0. The van der Waals surface area contributed by atoms with Gasteiger partial charge in [-0.25, -0.2) is 4.99 Å². The van der Waals surface area contributed by atoms with Gasteiger partial charge in [-0.2, -0.15) is 8.78 Å². The van der Waals surface area contributed by atoms with Crippen LogP contribution in [-0.4, -0.2) is 32.3 Å². The summed E-state index contributed by atoms with van der Waals surface area (Å²) in [6.07, 6.45) is 1.12. The Hall–Kier alpha value is -1.32. The Bertz CT molecular complexity index is 558. The summed E-state index contributed by atoms with van der Waals surface area (Å²) in [5.41, 5.74) is 0.576. The maximum atomic E-state index is 12.6. The molecule has 136 valence electrons. The molecule has 1 aromatic rings. The standard InChI is InChI=1S/C16H23F2N3O2.HI/c1-4-19-16(21-13-7-10(13)2)20-9-11-5-6-12(22-3)8-14(11)23-15(17)18;/h5-6,8,10,13,15H,4,7,9H2,1-3H3,(H2,19,20,21);1H. The van der Waals surface area contributed by atoms with Crippen LogP contribution in [0.1, 0.15) is 25.8 Å². The lowest BCUT2D eigenvalue weighted by Gasteiger charge is -2.13. The van der Waals surface area contributed by atoms with Crippen molar-refractivity contribution in [3.63, 3.8) is 0 Å². The minimum atomic E-state index is -2.89. The smallest absolute Gasteiger partial charge is 0.387 e. The van der Waals surface area contributed by atoms with Crippen LogP contribution in [0.25, 0.3) is 0 Å². The Labute approximate surface area is 158 Å². The maximum absolute atomic E-state index is 12.6. The number of halogens is 3. The molecule has 0 aromatic heterocycles. The number of ether oxygens (including phenoxy) is 2. The molecule has 24 heavy (non-hydrogen) atoms. The van der Waals surface area contributed by atoms with Gasteiger partial charge in [-0.3, -0.25) is 0 Å². The predicted molar refractivity (Wildman–Crippen MR) is 101 cm³/mol. The third kappa shape index (κ3) is 6.29. The molecule has 1 aliphatic carbocycles. The van der Waals surface area contributed by atoms with Gasteiger partial charge in [0, 0.05) is 24.2 Å². The van der Waals surface area contributed by atoms with Crippen molar-refractivity contribution in [2.45, 2.75) is 39.5 Å². The van der Waals surface area contributed by atoms with Gasteiger partial charge in [0.05, 0.1) is 13.7 Å². The van der Waals surface area contributed by atoms with E-state index in [1.807, 2.05) is 6.92 Å². The van der Waals surface area contributed by atoms with Crippen molar-refractivity contribution in [2.24, 2.45) is 10.9 Å². The summed E-state index contributed by atoms with van der Waals surface area (Å²) in [6.45, 7) is 2.23. The first kappa shape index (κ1) is 20.7. The topological polar surface area (TPSA) is 54.9 Å². The van der Waals surface area contributed by atoms with E-state index in [2.05, 4.69) is 27.3 Å². The SMILES string of the molecule is CCNC(=NCc1ccc(OC)cc1OC(F)F)NC1CC1C.I. The third-order valence-electron chi connectivity index (χ3n) is 3.67. The van der Waals surface area contributed by atoms with Crippen molar-refractivity contribution in [1.29, 1.82) is 0 Å². The quantitative estimate of drug-likeness (QED) is 0.376. The summed E-state index contributed by atoms with van der Waals surface area (Å²) in [5.74, 6) is 1.86. The zero-order valence-corrected chi connectivity index (χ0v) is 16.3. The molecule has 2 unspecified atom stereocenters. The summed E-state index contributed by atoms with van der Waals surface area (Å²) < 4.78 is 34.7. The average molecular weight is 455 g/mol. The zero-order valence-electron chi connectivity index (χ0n) is 14.0. The average Bonchev–Trinajstić information content (AvgIpc) is 3.20. The Kier molecular flexibility index (Phi) is 8.51. The van der Waals surface area contributed by atoms with E-state index in [-0.39, 0.29) is 36.3 Å². The molecule has 2 N–H and O–H groups in total. The molecule has 2 rings (SSSR count). The molecule has 0 aliphatic heterocycles. The summed E-state index contributed by atoms with van der Waals surface area (Å²) in [6, 6.07) is 5.26. The molecule has 0 spiro atoms. The molecule has 1 aliphatic rings. The fourth-order valence-electron chi connectivity index (χ4n) is 2.18. The molecular weight excluding hydrogens is 431 g/mol. The predicted octanol–water partition coefficient (Wildman–Crippen LogP) is 3.38. The van der Waals surface area contributed by atoms with Gasteiger partial charge >= 0.3 is 6.61 Å². The number of rotatable bonds is 7. The lowest BCUT2D eigenvalue weighted by Crippen LogP contribution is -2.39. The molecule has 1 aromatic carbocycles. The van der Waals surface area contributed by atoms with Crippen molar-refractivity contribution in [3.05, 3.63) is 23.8 Å². The molecule has 8 heteroatoms. The normalized spacial score (nSPS) is 19.5. The summed E-state index contributed by atoms with van der Waals surface area (Å²) in [4.78, 5) is 4.45. The fourth-order valence-corrected chi connectivity index (χ4v) is 2.18. The number of aliphatic imine (C=N–C) groups is 1. The van der Waals surface area contributed by atoms with Crippen molar-refractivity contribution >= 4 is 29.9 Å². The van der Waals surface area contributed by atoms with Crippen LogP contribution in [0.3, 0.4) is 0 Å². The summed E-state index contributed by atoms with van der Waals surface area (Å²) >= 11 is 0. The van der Waals surface area contributed by atoms with Gasteiger partial charge in [0.2, 0.25) is 0 Å². The van der Waals surface area contributed by atoms with Crippen LogP contribution in [0.15, 0.2) is 23.2 Å². The van der Waals surface area contributed by atoms with Gasteiger partial charge in [-0.05, 0) is 31.4 Å². The molecule has 1 fully saturated rings. The van der Waals surface area contributed by atoms with Crippen LogP contribution in [0, 0.1) is 5.92 Å². The second kappa shape index (κ2) is 9.85. The van der Waals surface area contributed by atoms with Gasteiger partial charge in [0.25, 0.3) is 0 Å². The van der Waals surface area contributed by atoms with Crippen LogP contribution in [0.2, 0.25) is 0 Å². The van der Waals surface area contributed by atoms with Crippen LogP contribution in [0.5, 0.6) is 11.5 Å². The second-order valence-electron chi connectivity index (χ2n) is 5.51. The number of alkyl halides is 2. The minimum Gasteiger partial charge on any atom is -0.497 e. The van der Waals surface area contributed by atoms with Gasteiger partial charge in [0.1, 0.15) is 11.5 Å². The maximum Gasteiger partial charge on any atom is 0.387 e. The van der Waals surface area contributed by atoms with E-state index in [1.54, 1.807) is 12.1 Å². The summed E-state index contributed by atoms with van der Waals surface area (Å²) in [7, 11) is 1.48. The monoisotopic (exact) mass is 455 g/mol. The summed E-state index contributed by atoms with van der Waals surface area (Å²) in [5, 5.41) is 6.47. The van der Waals surface area contributed by atoms with E-state index in [0.29, 0.717) is 29.2 Å². The van der Waals surface area contributed by atoms with E-state index in [0.717, 1.165) is 13.0 Å². The lowest BCUT2D eigenvalue weighted by atomic mass is 10.2. The number of nitrogens with zero attached hydrogens (tertiary/aromatic N) is 1. The first-order valence-corrected chi connectivity index (χ1v) is 7.70. The van der Waals surface area contributed by atoms with Crippen LogP contribution < -0.4 is 20.1 Å². The molecule has 1 saturated carbocycles. The van der Waals surface area contributed by atoms with Gasteiger partial charge < -0.3 is 20.1 Å². The molecule has 0 heterocycles. The molecule has 2 atom stereocenters. The van der Waals surface area contributed by atoms with Gasteiger partial charge in [-0.1, -0.05) is 6.92 Å². The highest BCUT2D eigenvalue weighted by Crippen LogP contribution is 2.29. The fraction of sp³-hybridized carbons (Fsp3) is 0.562. The van der Waals surface area contributed by atoms with E-state index >= 15 is 0 Å². The van der Waals surface area contributed by atoms with Crippen molar-refractivity contribution < 1.29 is 18.3 Å². The van der Waals surface area contributed by atoms with Crippen molar-refractivity contribution in [1.82, 2.24) is 10.6 Å². The molecule has 5 nitrogen and oxygen atoms in total. The number of benzene rings is 1. The lowest BCUT2D eigenvalue weighted by molar-refractivity contribution is -0.0505. The minimum absolute atomic E-state index is 0. The van der Waals surface area contributed by atoms with Crippen LogP contribution >= 0.6 is 24.0 Å². The molecule has 0 bridgehead atoms. The van der Waals surface area contributed by atoms with Gasteiger partial charge in [0.15, 0.2) is 5.96 Å². The number of hydrogen-bond donors (Lipinski definition) is 2. The van der Waals surface area contributed by atoms with E-state index in [4.69, 9.17) is 4.74 Å². The molecule has 0 radical (unpaired) electrons. The number of hydrogen-bond acceptors (Lipinski definition) is 3. The second-order valence-corrected chi connectivity index (χ2v) is 5.51. The molecule has 0 saturated heterocycles. The molecule has 0 amide bonds.